The lowest BCUT2D eigenvalue weighted by molar-refractivity contribution is -0.185. The third-order valence-electron chi connectivity index (χ3n) is 4.06. The van der Waals surface area contributed by atoms with Crippen LogP contribution in [0.15, 0.2) is 53.7 Å². The number of carbonyl (C=O) groups excluding carboxylic acids is 1. The predicted molar refractivity (Wildman–Crippen MR) is 104 cm³/mol. The van der Waals surface area contributed by atoms with Crippen molar-refractivity contribution >= 4 is 40.1 Å². The zero-order chi connectivity index (χ0) is 19.6. The first kappa shape index (κ1) is 19.2. The van der Waals surface area contributed by atoms with Crippen LogP contribution in [0.3, 0.4) is 0 Å². The summed E-state index contributed by atoms with van der Waals surface area (Å²) in [6.45, 7) is 3.18. The molecule has 27 heavy (non-hydrogen) atoms. The van der Waals surface area contributed by atoms with Crippen molar-refractivity contribution in [2.45, 2.75) is 23.5 Å². The van der Waals surface area contributed by atoms with E-state index in [4.69, 9.17) is 16.9 Å². The van der Waals surface area contributed by atoms with Crippen molar-refractivity contribution in [3.8, 4) is 17.2 Å². The third-order valence-corrected chi connectivity index (χ3v) is 5.53. The van der Waals surface area contributed by atoms with Crippen molar-refractivity contribution in [1.29, 1.82) is 5.26 Å². The van der Waals surface area contributed by atoms with Gasteiger partial charge in [-0.15, -0.1) is 11.8 Å². The summed E-state index contributed by atoms with van der Waals surface area (Å²) in [6.07, 6.45) is 3.43. The van der Waals surface area contributed by atoms with Crippen LogP contribution in [0.1, 0.15) is 19.4 Å². The summed E-state index contributed by atoms with van der Waals surface area (Å²) in [6, 6.07) is 12.8. The molecule has 0 aliphatic heterocycles. The predicted octanol–water partition coefficient (Wildman–Crippen LogP) is 5.73. The van der Waals surface area contributed by atoms with Crippen LogP contribution in [0.5, 0.6) is 0 Å². The van der Waals surface area contributed by atoms with E-state index in [2.05, 4.69) is 16.0 Å². The van der Waals surface area contributed by atoms with Gasteiger partial charge in [0.2, 0.25) is 0 Å². The van der Waals surface area contributed by atoms with Gasteiger partial charge in [0.25, 0.3) is 0 Å². The molecule has 0 bridgehead atoms. The van der Waals surface area contributed by atoms with Crippen molar-refractivity contribution in [2.75, 3.05) is 0 Å². The first-order valence-corrected chi connectivity index (χ1v) is 9.15. The van der Waals surface area contributed by atoms with E-state index in [0.717, 1.165) is 26.8 Å². The second-order valence-electron chi connectivity index (χ2n) is 6.35. The zero-order valence-corrected chi connectivity index (χ0v) is 16.1. The highest BCUT2D eigenvalue weighted by Crippen LogP contribution is 2.38. The van der Waals surface area contributed by atoms with Crippen LogP contribution >= 0.6 is 23.4 Å². The molecular weight excluding hydrogens is 387 g/mol. The maximum atomic E-state index is 12.3. The molecule has 0 unspecified atom stereocenters. The lowest BCUT2D eigenvalue weighted by atomic mass is 10.00. The van der Waals surface area contributed by atoms with E-state index in [1.165, 1.54) is 11.8 Å². The Morgan fingerprint density at radius 3 is 2.67 bits per heavy atom. The van der Waals surface area contributed by atoms with E-state index < -0.39 is 10.7 Å². The van der Waals surface area contributed by atoms with Crippen molar-refractivity contribution in [2.24, 2.45) is 0 Å². The number of halogens is 2. The highest BCUT2D eigenvalue weighted by molar-refractivity contribution is 8.01. The SMILES string of the molecule is CC(C)(Sc1ccc2cncc(-c3ccc(C#N)cc3Cl)c2c1)C(=O)OF. The number of benzene rings is 2. The van der Waals surface area contributed by atoms with Gasteiger partial charge in [0.15, 0.2) is 0 Å². The molecular formula is C20H14ClFN2O2S. The number of pyridine rings is 1. The Labute approximate surface area is 164 Å². The molecule has 0 atom stereocenters. The maximum absolute atomic E-state index is 12.3. The number of rotatable bonds is 4. The molecule has 0 fully saturated rings. The van der Waals surface area contributed by atoms with Crippen molar-refractivity contribution < 1.29 is 14.3 Å². The maximum Gasteiger partial charge on any atom is 0.364 e. The minimum atomic E-state index is -1.08. The molecule has 3 aromatic rings. The number of fused-ring (bicyclic) bond motifs is 1. The Kier molecular flexibility index (Phi) is 5.36. The van der Waals surface area contributed by atoms with Crippen molar-refractivity contribution in [3.05, 3.63) is 59.4 Å². The molecule has 0 radical (unpaired) electrons. The van der Waals surface area contributed by atoms with E-state index in [0.29, 0.717) is 10.6 Å². The fraction of sp³-hybridized carbons (Fsp3) is 0.150. The van der Waals surface area contributed by atoms with E-state index in [1.807, 2.05) is 18.2 Å². The fourth-order valence-electron chi connectivity index (χ4n) is 2.65. The van der Waals surface area contributed by atoms with Gasteiger partial charge in [-0.2, -0.15) is 5.26 Å². The van der Waals surface area contributed by atoms with Gasteiger partial charge >= 0.3 is 5.97 Å². The number of carbonyl (C=O) groups is 1. The van der Waals surface area contributed by atoms with Crippen molar-refractivity contribution in [1.82, 2.24) is 4.98 Å². The number of nitriles is 1. The summed E-state index contributed by atoms with van der Waals surface area (Å²) >= 11 is 7.56. The average molecular weight is 401 g/mol. The molecule has 0 saturated carbocycles. The number of hydrogen-bond acceptors (Lipinski definition) is 5. The lowest BCUT2D eigenvalue weighted by Crippen LogP contribution is -2.27. The second kappa shape index (κ2) is 7.55. The summed E-state index contributed by atoms with van der Waals surface area (Å²) in [5.74, 6) is -0.947. The molecule has 0 saturated heterocycles. The van der Waals surface area contributed by atoms with Gasteiger partial charge in [0.05, 0.1) is 11.6 Å². The van der Waals surface area contributed by atoms with Gasteiger partial charge in [-0.25, -0.2) is 4.79 Å². The molecule has 7 heteroatoms. The molecule has 4 nitrogen and oxygen atoms in total. The quantitative estimate of drug-likeness (QED) is 0.523. The van der Waals surface area contributed by atoms with Gasteiger partial charge in [0, 0.05) is 43.4 Å². The highest BCUT2D eigenvalue weighted by Gasteiger charge is 2.32. The first-order valence-electron chi connectivity index (χ1n) is 7.95. The summed E-state index contributed by atoms with van der Waals surface area (Å²) < 4.78 is 11.2. The molecule has 0 spiro atoms. The van der Waals surface area contributed by atoms with Gasteiger partial charge < -0.3 is 0 Å². The average Bonchev–Trinajstić information content (AvgIpc) is 2.66. The van der Waals surface area contributed by atoms with Crippen LogP contribution in [0.25, 0.3) is 21.9 Å². The number of hydrogen-bond donors (Lipinski definition) is 0. The van der Waals surface area contributed by atoms with Gasteiger partial charge in [-0.3, -0.25) is 9.93 Å². The normalized spacial score (nSPS) is 11.2. The lowest BCUT2D eigenvalue weighted by Gasteiger charge is -2.19. The van der Waals surface area contributed by atoms with E-state index in [1.54, 1.807) is 44.4 Å². The van der Waals surface area contributed by atoms with Crippen LogP contribution in [0.2, 0.25) is 5.02 Å². The van der Waals surface area contributed by atoms with Crippen LogP contribution < -0.4 is 0 Å². The van der Waals surface area contributed by atoms with Crippen molar-refractivity contribution in [3.63, 3.8) is 0 Å². The van der Waals surface area contributed by atoms with Gasteiger partial charge in [-0.05, 0) is 43.5 Å². The zero-order valence-electron chi connectivity index (χ0n) is 14.5. The molecule has 0 N–H and O–H groups in total. The van der Waals surface area contributed by atoms with E-state index in [-0.39, 0.29) is 0 Å². The third kappa shape index (κ3) is 3.90. The minimum absolute atomic E-state index is 0.447. The van der Waals surface area contributed by atoms with Gasteiger partial charge in [-0.1, -0.05) is 23.7 Å². The number of thioether (sulfide) groups is 1. The standard InChI is InChI=1S/C20H14ClFN2O2S/c1-20(2,19(25)26-22)27-14-5-4-13-10-24-11-17(16(13)8-14)15-6-3-12(9-23)7-18(15)21/h3-8,10-11H,1-2H3. The highest BCUT2D eigenvalue weighted by atomic mass is 35.5. The molecule has 1 heterocycles. The van der Waals surface area contributed by atoms with Crippen LogP contribution in [-0.4, -0.2) is 15.7 Å². The summed E-state index contributed by atoms with van der Waals surface area (Å²) in [7, 11) is 0. The molecule has 0 aliphatic carbocycles. The Bertz CT molecular complexity index is 1080. The molecule has 1 aromatic heterocycles. The number of nitrogens with zero attached hydrogens (tertiary/aromatic N) is 2. The molecule has 0 amide bonds. The largest absolute Gasteiger partial charge is 0.364 e. The Morgan fingerprint density at radius 1 is 1.22 bits per heavy atom. The van der Waals surface area contributed by atoms with Crippen LogP contribution in [-0.2, 0) is 9.74 Å². The van der Waals surface area contributed by atoms with Crippen LogP contribution in [0.4, 0.5) is 4.53 Å². The molecule has 3 rings (SSSR count). The number of aromatic nitrogens is 1. The summed E-state index contributed by atoms with van der Waals surface area (Å²) in [5, 5.41) is 11.2. The topological polar surface area (TPSA) is 63.0 Å². The monoisotopic (exact) mass is 400 g/mol. The van der Waals surface area contributed by atoms with E-state index >= 15 is 0 Å². The fourth-order valence-corrected chi connectivity index (χ4v) is 3.95. The molecule has 0 aliphatic rings. The smallest absolute Gasteiger partial charge is 0.263 e. The van der Waals surface area contributed by atoms with Crippen LogP contribution in [0, 0.1) is 11.3 Å². The minimum Gasteiger partial charge on any atom is -0.263 e. The Morgan fingerprint density at radius 2 is 2.00 bits per heavy atom. The second-order valence-corrected chi connectivity index (χ2v) is 8.46. The van der Waals surface area contributed by atoms with Gasteiger partial charge in [0.1, 0.15) is 4.75 Å². The first-order chi connectivity index (χ1) is 12.9. The molecule has 2 aromatic carbocycles. The summed E-state index contributed by atoms with van der Waals surface area (Å²) in [4.78, 5) is 20.1. The Hall–Kier alpha value is -2.62. The molecule has 136 valence electrons. The summed E-state index contributed by atoms with van der Waals surface area (Å²) in [5.41, 5.74) is 2.02. The Balaban J connectivity index is 2.10. The van der Waals surface area contributed by atoms with E-state index in [9.17, 15) is 9.32 Å².